The second-order valence-corrected chi connectivity index (χ2v) is 12.0. The average Bonchev–Trinajstić information content (AvgIpc) is 3.26. The number of aromatic nitrogens is 1. The molecule has 41 heavy (non-hydrogen) atoms. The van der Waals surface area contributed by atoms with Gasteiger partial charge in [0, 0.05) is 33.6 Å². The first-order chi connectivity index (χ1) is 20.0. The summed E-state index contributed by atoms with van der Waals surface area (Å²) in [5.74, 6) is -0.698. The quantitative estimate of drug-likeness (QED) is 0.211. The maximum atomic E-state index is 14.2. The van der Waals surface area contributed by atoms with E-state index in [1.807, 2.05) is 0 Å². The minimum Gasteiger partial charge on any atom is -0.394 e. The summed E-state index contributed by atoms with van der Waals surface area (Å²) in [5.41, 5.74) is -0.0868. The van der Waals surface area contributed by atoms with Gasteiger partial charge >= 0.3 is 6.18 Å². The van der Waals surface area contributed by atoms with Gasteiger partial charge < -0.3 is 15.0 Å². The van der Waals surface area contributed by atoms with Gasteiger partial charge in [0.1, 0.15) is 6.63 Å². The van der Waals surface area contributed by atoms with Crippen LogP contribution < -0.4 is 5.32 Å². The van der Waals surface area contributed by atoms with Crippen LogP contribution in [0, 0.1) is 0 Å². The lowest BCUT2D eigenvalue weighted by Gasteiger charge is -2.17. The van der Waals surface area contributed by atoms with Gasteiger partial charge in [0.2, 0.25) is 0 Å². The molecule has 0 aliphatic heterocycles. The van der Waals surface area contributed by atoms with Crippen molar-refractivity contribution in [3.05, 3.63) is 99.7 Å². The molecule has 2 N–H and O–H groups in total. The summed E-state index contributed by atoms with van der Waals surface area (Å²) in [5, 5.41) is 12.8. The number of carbonyl (C=O) groups excluding carboxylic acids is 1. The summed E-state index contributed by atoms with van der Waals surface area (Å²) in [7, 11) is -3.44. The molecule has 4 aromatic rings. The molecule has 0 spiro atoms. The molecule has 0 aliphatic rings. The number of aliphatic hydroxyl groups excluding tert-OH is 1. The highest BCUT2D eigenvalue weighted by molar-refractivity contribution is 7.91. The number of nitrogens with one attached hydrogen (secondary N) is 1. The van der Waals surface area contributed by atoms with Crippen LogP contribution >= 0.6 is 11.6 Å². The van der Waals surface area contributed by atoms with Crippen molar-refractivity contribution in [3.8, 4) is 0 Å². The summed E-state index contributed by atoms with van der Waals surface area (Å²) in [6, 6.07) is 13.8. The molecule has 0 radical (unpaired) electrons. The SMILES string of the molecule is [2H]C([2H])(F)Cn1c(Cc2ccc(Cl)cc2C(F)(F)F)cc2cc(C(=O)NC(CO)c3ccc(S(=O)(=O)CC)cc3)ccc21. The van der Waals surface area contributed by atoms with Crippen molar-refractivity contribution in [2.45, 2.75) is 37.0 Å². The van der Waals surface area contributed by atoms with Crippen molar-refractivity contribution < 1.29 is 38.6 Å². The zero-order valence-corrected chi connectivity index (χ0v) is 23.2. The minimum absolute atomic E-state index is 0.0858. The second kappa shape index (κ2) is 12.2. The number of carbonyl (C=O) groups is 1. The number of nitrogens with zero attached hydrogens (tertiary/aromatic N) is 1. The fourth-order valence-corrected chi connectivity index (χ4v) is 5.63. The van der Waals surface area contributed by atoms with Gasteiger partial charge in [-0.1, -0.05) is 36.7 Å². The second-order valence-electron chi connectivity index (χ2n) is 9.29. The van der Waals surface area contributed by atoms with Gasteiger partial charge in [0.05, 0.1) is 38.1 Å². The van der Waals surface area contributed by atoms with Crippen molar-refractivity contribution >= 4 is 38.2 Å². The van der Waals surface area contributed by atoms with Crippen LogP contribution in [0.15, 0.2) is 71.6 Å². The van der Waals surface area contributed by atoms with Crippen LogP contribution in [0.3, 0.4) is 0 Å². The third kappa shape index (κ3) is 6.74. The van der Waals surface area contributed by atoms with Crippen LogP contribution in [0.5, 0.6) is 0 Å². The fraction of sp³-hybridized carbons (Fsp3) is 0.276. The first kappa shape index (κ1) is 27.7. The molecule has 1 amide bonds. The Morgan fingerprint density at radius 3 is 2.41 bits per heavy atom. The zero-order chi connectivity index (χ0) is 31.7. The average molecular weight is 613 g/mol. The normalized spacial score (nSPS) is 14.0. The Morgan fingerprint density at radius 2 is 1.80 bits per heavy atom. The number of hydrogen-bond acceptors (Lipinski definition) is 4. The van der Waals surface area contributed by atoms with E-state index in [-0.39, 0.29) is 38.9 Å². The Kier molecular flexibility index (Phi) is 8.27. The summed E-state index contributed by atoms with van der Waals surface area (Å²) < 4.78 is 95.6. The predicted molar refractivity (Wildman–Crippen MR) is 149 cm³/mol. The molecule has 1 heterocycles. The standard InChI is InChI=1S/C29H27ClF4N2O4S/c1-2-41(39,40)24-8-4-18(5-9-24)26(17-37)35-28(38)20-6-10-27-21(13-20)15-23(36(27)12-11-31)14-19-3-7-22(30)16-25(19)29(32,33)34/h3-10,13,15-16,26,37H,2,11-12,14,17H2,1H3,(H,35,38)/i11D2. The fourth-order valence-electron chi connectivity index (χ4n) is 4.57. The lowest BCUT2D eigenvalue weighted by atomic mass is 10.0. The molecular weight excluding hydrogens is 584 g/mol. The summed E-state index contributed by atoms with van der Waals surface area (Å²) in [6.45, 7) is -2.98. The third-order valence-electron chi connectivity index (χ3n) is 6.73. The van der Waals surface area contributed by atoms with Crippen LogP contribution in [0.2, 0.25) is 5.02 Å². The van der Waals surface area contributed by atoms with Gasteiger partial charge in [-0.15, -0.1) is 0 Å². The van der Waals surface area contributed by atoms with Crippen LogP contribution in [-0.4, -0.2) is 43.0 Å². The Bertz CT molecular complexity index is 1760. The Labute approximate surface area is 242 Å². The lowest BCUT2D eigenvalue weighted by Crippen LogP contribution is -2.30. The molecule has 1 aromatic heterocycles. The van der Waals surface area contributed by atoms with Crippen LogP contribution in [0.4, 0.5) is 17.6 Å². The van der Waals surface area contributed by atoms with E-state index in [0.29, 0.717) is 16.5 Å². The van der Waals surface area contributed by atoms with E-state index < -0.39 is 53.3 Å². The number of amides is 1. The van der Waals surface area contributed by atoms with Crippen molar-refractivity contribution in [2.24, 2.45) is 0 Å². The Balaban J connectivity index is 1.67. The highest BCUT2D eigenvalue weighted by Gasteiger charge is 2.33. The predicted octanol–water partition coefficient (Wildman–Crippen LogP) is 6.13. The molecule has 4 rings (SSSR count). The number of fused-ring (bicyclic) bond motifs is 1. The zero-order valence-electron chi connectivity index (χ0n) is 23.7. The molecule has 1 atom stereocenters. The van der Waals surface area contributed by atoms with Gasteiger partial charge in [-0.05, 0) is 59.7 Å². The molecule has 218 valence electrons. The van der Waals surface area contributed by atoms with Crippen molar-refractivity contribution in [1.29, 1.82) is 0 Å². The molecule has 0 bridgehead atoms. The molecular formula is C29H27ClF4N2O4S. The van der Waals surface area contributed by atoms with Crippen molar-refractivity contribution in [2.75, 3.05) is 19.0 Å². The van der Waals surface area contributed by atoms with E-state index in [1.165, 1.54) is 72.2 Å². The van der Waals surface area contributed by atoms with Crippen LogP contribution in [0.25, 0.3) is 10.9 Å². The summed E-state index contributed by atoms with van der Waals surface area (Å²) in [4.78, 5) is 13.2. The highest BCUT2D eigenvalue weighted by Crippen LogP contribution is 2.35. The van der Waals surface area contributed by atoms with Gasteiger partial charge in [-0.3, -0.25) is 4.79 Å². The van der Waals surface area contributed by atoms with E-state index in [0.717, 1.165) is 6.07 Å². The van der Waals surface area contributed by atoms with Crippen LogP contribution in [-0.2, 0) is 29.0 Å². The molecule has 3 aromatic carbocycles. The topological polar surface area (TPSA) is 88.4 Å². The molecule has 0 saturated carbocycles. The van der Waals surface area contributed by atoms with Crippen molar-refractivity contribution in [3.63, 3.8) is 0 Å². The number of hydrogen-bond donors (Lipinski definition) is 2. The summed E-state index contributed by atoms with van der Waals surface area (Å²) >= 11 is 5.79. The number of alkyl halides is 4. The van der Waals surface area contributed by atoms with Gasteiger partial charge in [-0.25, -0.2) is 12.8 Å². The highest BCUT2D eigenvalue weighted by atomic mass is 35.5. The van der Waals surface area contributed by atoms with Gasteiger partial charge in [0.25, 0.3) is 5.91 Å². The molecule has 0 fully saturated rings. The largest absolute Gasteiger partial charge is 0.416 e. The van der Waals surface area contributed by atoms with E-state index in [2.05, 4.69) is 5.32 Å². The Hall–Kier alpha value is -3.41. The molecule has 0 saturated heterocycles. The van der Waals surface area contributed by atoms with E-state index in [4.69, 9.17) is 14.3 Å². The molecule has 1 unspecified atom stereocenters. The maximum absolute atomic E-state index is 14.2. The maximum Gasteiger partial charge on any atom is 0.416 e. The minimum atomic E-state index is -4.72. The first-order valence-corrected chi connectivity index (χ1v) is 14.5. The Morgan fingerprint density at radius 1 is 1.10 bits per heavy atom. The number of halogens is 5. The number of sulfone groups is 1. The van der Waals surface area contributed by atoms with E-state index in [9.17, 15) is 35.9 Å². The first-order valence-electron chi connectivity index (χ1n) is 13.4. The lowest BCUT2D eigenvalue weighted by molar-refractivity contribution is -0.138. The monoisotopic (exact) mass is 612 g/mol. The van der Waals surface area contributed by atoms with Gasteiger partial charge in [0.15, 0.2) is 9.84 Å². The number of aryl methyl sites for hydroxylation is 1. The summed E-state index contributed by atoms with van der Waals surface area (Å²) in [6.07, 6.45) is -5.04. The van der Waals surface area contributed by atoms with E-state index >= 15 is 0 Å². The smallest absolute Gasteiger partial charge is 0.394 e. The molecule has 12 heteroatoms. The number of benzene rings is 3. The van der Waals surface area contributed by atoms with Crippen molar-refractivity contribution in [1.82, 2.24) is 9.88 Å². The van der Waals surface area contributed by atoms with E-state index in [1.54, 1.807) is 0 Å². The number of rotatable bonds is 10. The van der Waals surface area contributed by atoms with Crippen LogP contribution in [0.1, 0.15) is 48.4 Å². The molecule has 6 nitrogen and oxygen atoms in total. The van der Waals surface area contributed by atoms with Gasteiger partial charge in [-0.2, -0.15) is 13.2 Å². The number of aliphatic hydroxyl groups is 1. The molecule has 0 aliphatic carbocycles. The third-order valence-corrected chi connectivity index (χ3v) is 8.71.